The Kier molecular flexibility index (Phi) is 6.71. The van der Waals surface area contributed by atoms with Gasteiger partial charge in [-0.2, -0.15) is 0 Å². The average molecular weight is 333 g/mol. The van der Waals surface area contributed by atoms with E-state index in [0.29, 0.717) is 12.0 Å². The van der Waals surface area contributed by atoms with Gasteiger partial charge in [0.15, 0.2) is 0 Å². The van der Waals surface area contributed by atoms with Crippen LogP contribution in [0.4, 0.5) is 4.39 Å². The van der Waals surface area contributed by atoms with E-state index in [1.165, 1.54) is 69.8 Å². The number of hydrogen-bond acceptors (Lipinski definition) is 1. The van der Waals surface area contributed by atoms with Crippen molar-refractivity contribution < 1.29 is 9.13 Å². The SMILES string of the molecule is CCCCCCOC1CCC2CC(c3ccc(F)cc3)CCC2C1. The van der Waals surface area contributed by atoms with E-state index < -0.39 is 0 Å². The molecular formula is C22H33FO. The number of halogens is 1. The highest BCUT2D eigenvalue weighted by Gasteiger charge is 2.36. The van der Waals surface area contributed by atoms with E-state index in [-0.39, 0.29) is 5.82 Å². The summed E-state index contributed by atoms with van der Waals surface area (Å²) < 4.78 is 19.3. The zero-order valence-electron chi connectivity index (χ0n) is 15.2. The first-order valence-corrected chi connectivity index (χ1v) is 10.1. The molecule has 2 aliphatic rings. The molecule has 1 nitrogen and oxygen atoms in total. The summed E-state index contributed by atoms with van der Waals surface area (Å²) in [6, 6.07) is 7.21. The van der Waals surface area contributed by atoms with Gasteiger partial charge in [-0.3, -0.25) is 0 Å². The minimum Gasteiger partial charge on any atom is -0.378 e. The van der Waals surface area contributed by atoms with Crippen molar-refractivity contribution in [2.24, 2.45) is 11.8 Å². The maximum Gasteiger partial charge on any atom is 0.123 e. The molecule has 2 saturated carbocycles. The lowest BCUT2D eigenvalue weighted by Gasteiger charge is -2.42. The average Bonchev–Trinajstić information content (AvgIpc) is 2.62. The quantitative estimate of drug-likeness (QED) is 0.520. The van der Waals surface area contributed by atoms with Gasteiger partial charge >= 0.3 is 0 Å². The molecule has 0 aliphatic heterocycles. The molecule has 0 amide bonds. The molecule has 0 heterocycles. The molecule has 3 rings (SSSR count). The predicted octanol–water partition coefficient (Wildman–Crippen LogP) is 6.48. The van der Waals surface area contributed by atoms with Crippen LogP contribution < -0.4 is 0 Å². The van der Waals surface area contributed by atoms with Crippen LogP contribution in [0.3, 0.4) is 0 Å². The van der Waals surface area contributed by atoms with E-state index in [4.69, 9.17) is 4.74 Å². The number of fused-ring (bicyclic) bond motifs is 1. The van der Waals surface area contributed by atoms with Crippen LogP contribution in [0.2, 0.25) is 0 Å². The van der Waals surface area contributed by atoms with Crippen molar-refractivity contribution in [1.29, 1.82) is 0 Å². The van der Waals surface area contributed by atoms with Gasteiger partial charge in [0.25, 0.3) is 0 Å². The number of benzene rings is 1. The lowest BCUT2D eigenvalue weighted by molar-refractivity contribution is -0.0163. The van der Waals surface area contributed by atoms with Crippen molar-refractivity contribution in [3.63, 3.8) is 0 Å². The Morgan fingerprint density at radius 1 is 0.917 bits per heavy atom. The van der Waals surface area contributed by atoms with Crippen LogP contribution in [0.25, 0.3) is 0 Å². The van der Waals surface area contributed by atoms with Crippen LogP contribution in [0.15, 0.2) is 24.3 Å². The van der Waals surface area contributed by atoms with Crippen molar-refractivity contribution in [1.82, 2.24) is 0 Å². The molecule has 1 aromatic rings. The Labute approximate surface area is 147 Å². The van der Waals surface area contributed by atoms with Crippen molar-refractivity contribution >= 4 is 0 Å². The highest BCUT2D eigenvalue weighted by molar-refractivity contribution is 5.21. The third-order valence-electron chi connectivity index (χ3n) is 6.26. The fourth-order valence-electron chi connectivity index (χ4n) is 4.81. The second-order valence-electron chi connectivity index (χ2n) is 7.95. The fraction of sp³-hybridized carbons (Fsp3) is 0.727. The third-order valence-corrected chi connectivity index (χ3v) is 6.26. The number of rotatable bonds is 7. The van der Waals surface area contributed by atoms with Gasteiger partial charge < -0.3 is 4.74 Å². The molecule has 0 bridgehead atoms. The topological polar surface area (TPSA) is 9.23 Å². The van der Waals surface area contributed by atoms with E-state index in [2.05, 4.69) is 6.92 Å². The van der Waals surface area contributed by atoms with Crippen LogP contribution in [0, 0.1) is 17.7 Å². The Hall–Kier alpha value is -0.890. The van der Waals surface area contributed by atoms with Crippen LogP contribution in [0.1, 0.15) is 82.6 Å². The van der Waals surface area contributed by atoms with Crippen LogP contribution in [-0.4, -0.2) is 12.7 Å². The van der Waals surface area contributed by atoms with Gasteiger partial charge in [0.05, 0.1) is 6.10 Å². The van der Waals surface area contributed by atoms with Gasteiger partial charge in [0.2, 0.25) is 0 Å². The summed E-state index contributed by atoms with van der Waals surface area (Å²) in [7, 11) is 0. The molecule has 4 unspecified atom stereocenters. The summed E-state index contributed by atoms with van der Waals surface area (Å²) in [5.74, 6) is 2.23. The molecule has 24 heavy (non-hydrogen) atoms. The molecule has 2 fully saturated rings. The van der Waals surface area contributed by atoms with E-state index >= 15 is 0 Å². The van der Waals surface area contributed by atoms with E-state index in [1.54, 1.807) is 12.1 Å². The Bertz CT molecular complexity index is 483. The van der Waals surface area contributed by atoms with Crippen LogP contribution in [-0.2, 0) is 4.74 Å². The summed E-state index contributed by atoms with van der Waals surface area (Å²) in [6.45, 7) is 3.21. The lowest BCUT2D eigenvalue weighted by atomic mass is 9.65. The first-order chi connectivity index (χ1) is 11.8. The van der Waals surface area contributed by atoms with Gasteiger partial charge in [-0.05, 0) is 80.4 Å². The minimum absolute atomic E-state index is 0.121. The molecule has 0 N–H and O–H groups in total. The monoisotopic (exact) mass is 332 g/mol. The molecule has 4 atom stereocenters. The molecule has 2 aliphatic carbocycles. The summed E-state index contributed by atoms with van der Waals surface area (Å²) in [6.07, 6.45) is 13.4. The van der Waals surface area contributed by atoms with Gasteiger partial charge in [0.1, 0.15) is 5.82 Å². The maximum absolute atomic E-state index is 13.1. The smallest absolute Gasteiger partial charge is 0.123 e. The van der Waals surface area contributed by atoms with Crippen LogP contribution >= 0.6 is 0 Å². The first kappa shape index (κ1) is 17.9. The summed E-state index contributed by atoms with van der Waals surface area (Å²) in [5, 5.41) is 0. The highest BCUT2D eigenvalue weighted by Crippen LogP contribution is 2.46. The van der Waals surface area contributed by atoms with Gasteiger partial charge in [-0.25, -0.2) is 4.39 Å². The normalized spacial score (nSPS) is 30.1. The summed E-state index contributed by atoms with van der Waals surface area (Å²) >= 11 is 0. The molecule has 0 aromatic heterocycles. The Morgan fingerprint density at radius 3 is 2.46 bits per heavy atom. The predicted molar refractivity (Wildman–Crippen MR) is 97.7 cm³/mol. The Balaban J connectivity index is 1.43. The molecule has 0 spiro atoms. The van der Waals surface area contributed by atoms with Crippen molar-refractivity contribution in [3.05, 3.63) is 35.6 Å². The molecule has 134 valence electrons. The molecular weight excluding hydrogens is 299 g/mol. The maximum atomic E-state index is 13.1. The number of unbranched alkanes of at least 4 members (excludes halogenated alkanes) is 3. The standard InChI is InChI=1S/C22H33FO/c1-2-3-4-5-14-24-22-13-10-19-15-18(6-7-20(19)16-22)17-8-11-21(23)12-9-17/h8-9,11-12,18-20,22H,2-7,10,13-16H2,1H3. The highest BCUT2D eigenvalue weighted by atomic mass is 19.1. The second-order valence-corrected chi connectivity index (χ2v) is 7.95. The Morgan fingerprint density at radius 2 is 1.67 bits per heavy atom. The zero-order chi connectivity index (χ0) is 16.8. The number of hydrogen-bond donors (Lipinski definition) is 0. The van der Waals surface area contributed by atoms with E-state index in [1.807, 2.05) is 12.1 Å². The second kappa shape index (κ2) is 8.99. The zero-order valence-corrected chi connectivity index (χ0v) is 15.2. The summed E-state index contributed by atoms with van der Waals surface area (Å²) in [5.41, 5.74) is 1.34. The van der Waals surface area contributed by atoms with Crippen molar-refractivity contribution in [2.75, 3.05) is 6.61 Å². The molecule has 2 heteroatoms. The molecule has 0 saturated heterocycles. The molecule has 1 aromatic carbocycles. The molecule has 0 radical (unpaired) electrons. The van der Waals surface area contributed by atoms with Gasteiger partial charge in [0, 0.05) is 6.61 Å². The van der Waals surface area contributed by atoms with Gasteiger partial charge in [-0.1, -0.05) is 38.3 Å². The fourth-order valence-corrected chi connectivity index (χ4v) is 4.81. The van der Waals surface area contributed by atoms with Gasteiger partial charge in [-0.15, -0.1) is 0 Å². The summed E-state index contributed by atoms with van der Waals surface area (Å²) in [4.78, 5) is 0. The van der Waals surface area contributed by atoms with E-state index in [0.717, 1.165) is 18.4 Å². The van der Waals surface area contributed by atoms with Crippen molar-refractivity contribution in [3.8, 4) is 0 Å². The third kappa shape index (κ3) is 4.81. The van der Waals surface area contributed by atoms with E-state index in [9.17, 15) is 4.39 Å². The van der Waals surface area contributed by atoms with Crippen LogP contribution in [0.5, 0.6) is 0 Å². The first-order valence-electron chi connectivity index (χ1n) is 10.1. The van der Waals surface area contributed by atoms with Crippen molar-refractivity contribution in [2.45, 2.75) is 83.2 Å². The number of ether oxygens (including phenoxy) is 1. The largest absolute Gasteiger partial charge is 0.378 e. The lowest BCUT2D eigenvalue weighted by Crippen LogP contribution is -2.33. The minimum atomic E-state index is -0.121.